The molecular weight excluding hydrogens is 166 g/mol. The normalized spacial score (nSPS) is 27.0. The Bertz CT molecular complexity index is 110. The van der Waals surface area contributed by atoms with E-state index in [1.165, 1.54) is 57.4 Å². The fourth-order valence-corrected chi connectivity index (χ4v) is 3.48. The maximum Gasteiger partial charge on any atom is 0.0109 e. The van der Waals surface area contributed by atoms with E-state index in [0.29, 0.717) is 0 Å². The van der Waals surface area contributed by atoms with Crippen LogP contribution >= 0.6 is 11.9 Å². The van der Waals surface area contributed by atoms with E-state index in [1.54, 1.807) is 0 Å². The maximum atomic E-state index is 2.57. The van der Waals surface area contributed by atoms with Gasteiger partial charge in [0.25, 0.3) is 0 Å². The van der Waals surface area contributed by atoms with Crippen molar-refractivity contribution in [2.24, 2.45) is 5.92 Å². The molecule has 70 valence electrons. The van der Waals surface area contributed by atoms with Crippen molar-refractivity contribution in [2.75, 3.05) is 18.8 Å². The standard InChI is InChI=1S/C10H19NS/c1-2-6-10(5-1)9-12-11-7-3-4-8-11/h10H,1-9H2. The van der Waals surface area contributed by atoms with Crippen molar-refractivity contribution in [3.05, 3.63) is 0 Å². The minimum atomic E-state index is 1.05. The Morgan fingerprint density at radius 3 is 2.33 bits per heavy atom. The first kappa shape index (κ1) is 8.89. The first-order valence-corrected chi connectivity index (χ1v) is 6.27. The largest absolute Gasteiger partial charge is 0.251 e. The summed E-state index contributed by atoms with van der Waals surface area (Å²) in [5.74, 6) is 2.45. The Balaban J connectivity index is 1.60. The molecule has 2 rings (SSSR count). The molecule has 0 aromatic heterocycles. The molecule has 1 aliphatic heterocycles. The lowest BCUT2D eigenvalue weighted by atomic mass is 10.1. The van der Waals surface area contributed by atoms with E-state index in [1.807, 2.05) is 0 Å². The van der Waals surface area contributed by atoms with Gasteiger partial charge in [0.1, 0.15) is 0 Å². The Labute approximate surface area is 80.0 Å². The van der Waals surface area contributed by atoms with Gasteiger partial charge >= 0.3 is 0 Å². The van der Waals surface area contributed by atoms with Gasteiger partial charge in [-0.25, -0.2) is 0 Å². The van der Waals surface area contributed by atoms with Crippen molar-refractivity contribution < 1.29 is 0 Å². The van der Waals surface area contributed by atoms with Crippen molar-refractivity contribution in [3.8, 4) is 0 Å². The van der Waals surface area contributed by atoms with Crippen molar-refractivity contribution in [1.82, 2.24) is 4.31 Å². The van der Waals surface area contributed by atoms with E-state index in [2.05, 4.69) is 16.3 Å². The molecule has 0 N–H and O–H groups in total. The summed E-state index contributed by atoms with van der Waals surface area (Å²) in [5, 5.41) is 0. The average Bonchev–Trinajstić information content (AvgIpc) is 2.74. The summed E-state index contributed by atoms with van der Waals surface area (Å²) in [7, 11) is 0. The Hall–Kier alpha value is 0.310. The highest BCUT2D eigenvalue weighted by Crippen LogP contribution is 2.30. The van der Waals surface area contributed by atoms with E-state index in [4.69, 9.17) is 0 Å². The predicted molar refractivity (Wildman–Crippen MR) is 55.2 cm³/mol. The monoisotopic (exact) mass is 185 g/mol. The molecule has 0 atom stereocenters. The molecule has 0 aromatic rings. The van der Waals surface area contributed by atoms with Crippen LogP contribution in [-0.2, 0) is 0 Å². The van der Waals surface area contributed by atoms with E-state index in [-0.39, 0.29) is 0 Å². The third kappa shape index (κ3) is 2.40. The van der Waals surface area contributed by atoms with Gasteiger partial charge in [0.05, 0.1) is 0 Å². The molecule has 2 aliphatic rings. The number of nitrogens with zero attached hydrogens (tertiary/aromatic N) is 1. The lowest BCUT2D eigenvalue weighted by Gasteiger charge is -2.15. The van der Waals surface area contributed by atoms with E-state index in [9.17, 15) is 0 Å². The zero-order valence-electron chi connectivity index (χ0n) is 7.80. The zero-order chi connectivity index (χ0) is 8.23. The molecule has 1 nitrogen and oxygen atoms in total. The predicted octanol–water partition coefficient (Wildman–Crippen LogP) is 2.92. The van der Waals surface area contributed by atoms with Crippen LogP contribution < -0.4 is 0 Å². The van der Waals surface area contributed by atoms with Crippen LogP contribution in [-0.4, -0.2) is 23.1 Å². The minimum Gasteiger partial charge on any atom is -0.251 e. The van der Waals surface area contributed by atoms with Crippen LogP contribution in [0.1, 0.15) is 38.5 Å². The number of hydrogen-bond acceptors (Lipinski definition) is 2. The first-order chi connectivity index (χ1) is 5.95. The van der Waals surface area contributed by atoms with Crippen molar-refractivity contribution >= 4 is 11.9 Å². The Morgan fingerprint density at radius 1 is 1.00 bits per heavy atom. The van der Waals surface area contributed by atoms with Crippen LogP contribution in [0.5, 0.6) is 0 Å². The molecule has 0 unspecified atom stereocenters. The molecule has 0 amide bonds. The lowest BCUT2D eigenvalue weighted by Crippen LogP contribution is -2.12. The Kier molecular flexibility index (Phi) is 3.35. The van der Waals surface area contributed by atoms with Crippen molar-refractivity contribution in [1.29, 1.82) is 0 Å². The summed E-state index contributed by atoms with van der Waals surface area (Å²) in [6, 6.07) is 0. The molecule has 2 heteroatoms. The fraction of sp³-hybridized carbons (Fsp3) is 1.00. The highest BCUT2D eigenvalue weighted by molar-refractivity contribution is 7.97. The average molecular weight is 185 g/mol. The smallest absolute Gasteiger partial charge is 0.0109 e. The third-order valence-corrected chi connectivity index (χ3v) is 4.38. The molecule has 2 fully saturated rings. The van der Waals surface area contributed by atoms with Gasteiger partial charge in [-0.2, -0.15) is 0 Å². The van der Waals surface area contributed by atoms with Gasteiger partial charge in [-0.05, 0) is 31.6 Å². The second-order valence-corrected chi connectivity index (χ2v) is 5.19. The number of rotatable bonds is 3. The van der Waals surface area contributed by atoms with Crippen LogP contribution in [0.4, 0.5) is 0 Å². The summed E-state index contributed by atoms with van der Waals surface area (Å²) in [6.45, 7) is 2.69. The van der Waals surface area contributed by atoms with Crippen LogP contribution in [0.3, 0.4) is 0 Å². The van der Waals surface area contributed by atoms with Crippen LogP contribution in [0.25, 0.3) is 0 Å². The van der Waals surface area contributed by atoms with Gasteiger partial charge in [-0.3, -0.25) is 4.31 Å². The third-order valence-electron chi connectivity index (χ3n) is 3.03. The van der Waals surface area contributed by atoms with Gasteiger partial charge in [-0.1, -0.05) is 24.8 Å². The number of hydrogen-bond donors (Lipinski definition) is 0. The molecule has 12 heavy (non-hydrogen) atoms. The topological polar surface area (TPSA) is 3.24 Å². The molecule has 1 saturated carbocycles. The molecular formula is C10H19NS. The van der Waals surface area contributed by atoms with Gasteiger partial charge in [0, 0.05) is 18.8 Å². The first-order valence-electron chi connectivity index (χ1n) is 5.33. The van der Waals surface area contributed by atoms with Gasteiger partial charge in [-0.15, -0.1) is 0 Å². The summed E-state index contributed by atoms with van der Waals surface area (Å²) in [6.07, 6.45) is 8.84. The maximum absolute atomic E-state index is 2.57. The highest BCUT2D eigenvalue weighted by atomic mass is 32.2. The summed E-state index contributed by atoms with van der Waals surface area (Å²) < 4.78 is 2.57. The van der Waals surface area contributed by atoms with Crippen molar-refractivity contribution in [3.63, 3.8) is 0 Å². The SMILES string of the molecule is C1CCC(CSN2CCCC2)C1. The lowest BCUT2D eigenvalue weighted by molar-refractivity contribution is 0.566. The van der Waals surface area contributed by atoms with E-state index >= 15 is 0 Å². The summed E-state index contributed by atoms with van der Waals surface area (Å²) in [5.41, 5.74) is 0. The molecule has 0 spiro atoms. The quantitative estimate of drug-likeness (QED) is 0.622. The molecule has 1 saturated heterocycles. The van der Waals surface area contributed by atoms with Crippen LogP contribution in [0.2, 0.25) is 0 Å². The fourth-order valence-electron chi connectivity index (χ4n) is 2.21. The second kappa shape index (κ2) is 4.52. The Morgan fingerprint density at radius 2 is 1.67 bits per heavy atom. The van der Waals surface area contributed by atoms with Gasteiger partial charge < -0.3 is 0 Å². The molecule has 0 bridgehead atoms. The van der Waals surface area contributed by atoms with Gasteiger partial charge in [0.15, 0.2) is 0 Å². The minimum absolute atomic E-state index is 1.05. The summed E-state index contributed by atoms with van der Waals surface area (Å²) >= 11 is 2.11. The zero-order valence-corrected chi connectivity index (χ0v) is 8.61. The molecule has 0 aromatic carbocycles. The second-order valence-electron chi connectivity index (χ2n) is 4.08. The van der Waals surface area contributed by atoms with Gasteiger partial charge in [0.2, 0.25) is 0 Å². The van der Waals surface area contributed by atoms with Crippen LogP contribution in [0.15, 0.2) is 0 Å². The summed E-state index contributed by atoms with van der Waals surface area (Å²) in [4.78, 5) is 0. The van der Waals surface area contributed by atoms with E-state index < -0.39 is 0 Å². The van der Waals surface area contributed by atoms with Crippen molar-refractivity contribution in [2.45, 2.75) is 38.5 Å². The molecule has 1 heterocycles. The van der Waals surface area contributed by atoms with Crippen LogP contribution in [0, 0.1) is 5.92 Å². The molecule has 1 aliphatic carbocycles. The van der Waals surface area contributed by atoms with E-state index in [0.717, 1.165) is 5.92 Å². The highest BCUT2D eigenvalue weighted by Gasteiger charge is 2.18. The molecule has 0 radical (unpaired) electrons.